The van der Waals surface area contributed by atoms with E-state index in [1.165, 1.54) is 19.4 Å². The lowest BCUT2D eigenvalue weighted by Gasteiger charge is -2.39. The van der Waals surface area contributed by atoms with Crippen LogP contribution >= 0.6 is 23.2 Å². The summed E-state index contributed by atoms with van der Waals surface area (Å²) in [5, 5.41) is 11.8. The van der Waals surface area contributed by atoms with E-state index < -0.39 is 17.1 Å². The first kappa shape index (κ1) is 20.2. The predicted octanol–water partition coefficient (Wildman–Crippen LogP) is 4.38. The van der Waals surface area contributed by atoms with E-state index in [-0.39, 0.29) is 37.1 Å². The molecule has 2 aromatic rings. The van der Waals surface area contributed by atoms with E-state index in [2.05, 4.69) is 4.98 Å². The highest BCUT2D eigenvalue weighted by Gasteiger charge is 2.51. The first-order valence-electron chi connectivity index (χ1n) is 8.63. The van der Waals surface area contributed by atoms with E-state index >= 15 is 4.39 Å². The summed E-state index contributed by atoms with van der Waals surface area (Å²) < 4.78 is 20.9. The molecule has 0 saturated carbocycles. The van der Waals surface area contributed by atoms with Gasteiger partial charge in [0.05, 0.1) is 12.3 Å². The monoisotopic (exact) mass is 411 g/mol. The summed E-state index contributed by atoms with van der Waals surface area (Å²) in [7, 11) is 1.46. The first-order chi connectivity index (χ1) is 12.8. The Bertz CT molecular complexity index is 863. The Balaban J connectivity index is 1.85. The number of ketones is 1. The number of hydrogen-bond donors (Lipinski definition) is 1. The minimum absolute atomic E-state index is 0.0122. The lowest BCUT2D eigenvalue weighted by Crippen LogP contribution is -2.45. The molecular formula is C20H20Cl2FNO3. The number of carbonyl (C=O) groups excluding carboxylic acids is 1. The van der Waals surface area contributed by atoms with Crippen molar-refractivity contribution in [2.75, 3.05) is 13.7 Å². The molecule has 1 aliphatic carbocycles. The molecule has 0 spiro atoms. The van der Waals surface area contributed by atoms with Crippen LogP contribution in [0.2, 0.25) is 10.0 Å². The molecule has 0 aliphatic heterocycles. The van der Waals surface area contributed by atoms with Crippen LogP contribution in [0.15, 0.2) is 36.5 Å². The Kier molecular flexibility index (Phi) is 5.87. The van der Waals surface area contributed by atoms with Gasteiger partial charge in [-0.1, -0.05) is 35.3 Å². The van der Waals surface area contributed by atoms with Crippen LogP contribution in [0.3, 0.4) is 0 Å². The number of nitrogens with zero attached hydrogens (tertiary/aromatic N) is 1. The van der Waals surface area contributed by atoms with Crippen molar-refractivity contribution in [2.24, 2.45) is 0 Å². The van der Waals surface area contributed by atoms with Crippen LogP contribution in [0.4, 0.5) is 4.39 Å². The zero-order chi connectivity index (χ0) is 19.7. The van der Waals surface area contributed by atoms with Gasteiger partial charge >= 0.3 is 0 Å². The molecule has 1 aromatic heterocycles. The van der Waals surface area contributed by atoms with Crippen molar-refractivity contribution < 1.29 is 19.0 Å². The maximum absolute atomic E-state index is 15.8. The van der Waals surface area contributed by atoms with Gasteiger partial charge in [-0.2, -0.15) is 0 Å². The smallest absolute Gasteiger partial charge is 0.195 e. The van der Waals surface area contributed by atoms with E-state index in [4.69, 9.17) is 27.9 Å². The number of aliphatic hydroxyl groups is 1. The van der Waals surface area contributed by atoms with Gasteiger partial charge in [-0.3, -0.25) is 9.78 Å². The molecule has 27 heavy (non-hydrogen) atoms. The van der Waals surface area contributed by atoms with E-state index in [9.17, 15) is 9.90 Å². The normalized spacial score (nSPS) is 24.5. The molecule has 0 unspecified atom stereocenters. The Morgan fingerprint density at radius 2 is 2.11 bits per heavy atom. The van der Waals surface area contributed by atoms with Gasteiger partial charge in [0.2, 0.25) is 0 Å². The second-order valence-electron chi connectivity index (χ2n) is 6.82. The molecule has 1 heterocycles. The summed E-state index contributed by atoms with van der Waals surface area (Å²) in [6, 6.07) is 8.09. The highest BCUT2D eigenvalue weighted by molar-refractivity contribution is 6.35. The van der Waals surface area contributed by atoms with Crippen molar-refractivity contribution >= 4 is 29.0 Å². The molecule has 1 aliphatic rings. The maximum Gasteiger partial charge on any atom is 0.195 e. The van der Waals surface area contributed by atoms with Gasteiger partial charge in [0.1, 0.15) is 5.60 Å². The quantitative estimate of drug-likeness (QED) is 0.765. The fourth-order valence-electron chi connectivity index (χ4n) is 3.57. The number of carbonyl (C=O) groups is 1. The number of aromatic nitrogens is 1. The lowest BCUT2D eigenvalue weighted by molar-refractivity contribution is -0.136. The highest BCUT2D eigenvalue weighted by atomic mass is 35.5. The fourth-order valence-corrected chi connectivity index (χ4v) is 4.07. The zero-order valence-electron chi connectivity index (χ0n) is 14.8. The maximum atomic E-state index is 15.8. The van der Waals surface area contributed by atoms with E-state index in [0.29, 0.717) is 16.5 Å². The predicted molar refractivity (Wildman–Crippen MR) is 102 cm³/mol. The second-order valence-corrected chi connectivity index (χ2v) is 7.67. The minimum Gasteiger partial charge on any atom is -0.381 e. The van der Waals surface area contributed by atoms with E-state index in [0.717, 1.165) is 5.56 Å². The Hall–Kier alpha value is -1.53. The second kappa shape index (κ2) is 7.84. The Morgan fingerprint density at radius 1 is 1.33 bits per heavy atom. The largest absolute Gasteiger partial charge is 0.381 e. The molecule has 3 rings (SSSR count). The van der Waals surface area contributed by atoms with E-state index in [1.807, 2.05) is 0 Å². The highest BCUT2D eigenvalue weighted by Crippen LogP contribution is 2.46. The van der Waals surface area contributed by atoms with Crippen molar-refractivity contribution in [3.05, 3.63) is 63.4 Å². The lowest BCUT2D eigenvalue weighted by atomic mass is 9.72. The van der Waals surface area contributed by atoms with Gasteiger partial charge in [-0.25, -0.2) is 4.39 Å². The Morgan fingerprint density at radius 3 is 2.81 bits per heavy atom. The van der Waals surface area contributed by atoms with Crippen LogP contribution in [0.25, 0.3) is 0 Å². The van der Waals surface area contributed by atoms with Gasteiger partial charge in [0, 0.05) is 35.3 Å². The molecule has 144 valence electrons. The average Bonchev–Trinajstić information content (AvgIpc) is 2.65. The number of Topliss-reactive ketones (excluding diaryl/α,β-unsaturated/α-hetero) is 1. The molecule has 0 bridgehead atoms. The van der Waals surface area contributed by atoms with E-state index in [1.54, 1.807) is 24.3 Å². The van der Waals surface area contributed by atoms with Crippen LogP contribution in [-0.2, 0) is 27.2 Å². The summed E-state index contributed by atoms with van der Waals surface area (Å²) in [6.07, 6.45) is 1.68. The number of benzene rings is 1. The van der Waals surface area contributed by atoms with Gasteiger partial charge in [-0.05, 0) is 43.0 Å². The molecule has 1 aromatic carbocycles. The minimum atomic E-state index is -2.19. The van der Waals surface area contributed by atoms with Gasteiger partial charge in [0.25, 0.3) is 0 Å². The molecule has 4 nitrogen and oxygen atoms in total. The topological polar surface area (TPSA) is 59.4 Å². The molecule has 0 fully saturated rings. The first-order valence-corrected chi connectivity index (χ1v) is 9.39. The summed E-state index contributed by atoms with van der Waals surface area (Å²) in [5.41, 5.74) is -2.58. The van der Waals surface area contributed by atoms with Crippen LogP contribution in [-0.4, -0.2) is 29.6 Å². The number of aryl methyl sites for hydroxylation is 1. The van der Waals surface area contributed by atoms with Crippen molar-refractivity contribution in [3.63, 3.8) is 0 Å². The number of ether oxygens (including phenoxy) is 1. The van der Waals surface area contributed by atoms with Crippen LogP contribution in [0.5, 0.6) is 0 Å². The van der Waals surface area contributed by atoms with Crippen molar-refractivity contribution in [1.82, 2.24) is 4.98 Å². The SMILES string of the molecule is COC[C@]1(O)CC[C@@](F)(C(=O)CCc2ccc(Cl)cc2Cl)c2cccnc21. The average molecular weight is 412 g/mol. The summed E-state index contributed by atoms with van der Waals surface area (Å²) in [5.74, 6) is -0.553. The van der Waals surface area contributed by atoms with Gasteiger partial charge < -0.3 is 9.84 Å². The van der Waals surface area contributed by atoms with Crippen LogP contribution in [0, 0.1) is 0 Å². The molecular weight excluding hydrogens is 392 g/mol. The fraction of sp³-hybridized carbons (Fsp3) is 0.400. The molecule has 0 radical (unpaired) electrons. The number of hydrogen-bond acceptors (Lipinski definition) is 4. The molecule has 7 heteroatoms. The zero-order valence-corrected chi connectivity index (χ0v) is 16.4. The summed E-state index contributed by atoms with van der Waals surface area (Å²) in [4.78, 5) is 17.0. The van der Waals surface area contributed by atoms with Crippen molar-refractivity contribution in [3.8, 4) is 0 Å². The number of fused-ring (bicyclic) bond motifs is 1. The number of alkyl halides is 1. The van der Waals surface area contributed by atoms with Crippen LogP contribution < -0.4 is 0 Å². The third-order valence-electron chi connectivity index (χ3n) is 5.02. The Labute approximate surface area is 167 Å². The number of halogens is 3. The number of rotatable bonds is 6. The number of methoxy groups -OCH3 is 1. The van der Waals surface area contributed by atoms with Crippen LogP contribution in [0.1, 0.15) is 36.1 Å². The number of pyridine rings is 1. The third kappa shape index (κ3) is 3.87. The van der Waals surface area contributed by atoms with Gasteiger partial charge in [0.15, 0.2) is 11.5 Å². The summed E-state index contributed by atoms with van der Waals surface area (Å²) in [6.45, 7) is -0.0122. The summed E-state index contributed by atoms with van der Waals surface area (Å²) >= 11 is 12.0. The molecule has 1 N–H and O–H groups in total. The third-order valence-corrected chi connectivity index (χ3v) is 5.61. The molecule has 0 amide bonds. The standard InChI is InChI=1S/C20H20Cl2FNO3/c1-27-12-19(26)8-9-20(23,15-3-2-10-24-18(15)19)17(25)7-5-13-4-6-14(21)11-16(13)22/h2-4,6,10-11,26H,5,7-9,12H2,1H3/t19-,20+/m1/s1. The van der Waals surface area contributed by atoms with Crippen molar-refractivity contribution in [1.29, 1.82) is 0 Å². The molecule has 2 atom stereocenters. The van der Waals surface area contributed by atoms with Gasteiger partial charge in [-0.15, -0.1) is 0 Å². The van der Waals surface area contributed by atoms with Crippen molar-refractivity contribution in [2.45, 2.75) is 37.0 Å². The molecule has 0 saturated heterocycles.